The number of amides is 1. The Hall–Kier alpha value is -1.63. The minimum Gasteiger partial charge on any atom is -0.481 e. The van der Waals surface area contributed by atoms with Gasteiger partial charge >= 0.3 is 5.97 Å². The molecule has 0 aliphatic carbocycles. The summed E-state index contributed by atoms with van der Waals surface area (Å²) >= 11 is 1.46. The molecule has 2 N–H and O–H groups in total. The van der Waals surface area contributed by atoms with Crippen molar-refractivity contribution >= 4 is 23.6 Å². The number of carboxylic acids is 1. The molecule has 6 nitrogen and oxygen atoms in total. The van der Waals surface area contributed by atoms with Crippen LogP contribution in [0.4, 0.5) is 0 Å². The Morgan fingerprint density at radius 3 is 2.47 bits per heavy atom. The molecule has 0 spiro atoms. The highest BCUT2D eigenvalue weighted by molar-refractivity contribution is 7.99. The lowest BCUT2D eigenvalue weighted by atomic mass is 10.3. The van der Waals surface area contributed by atoms with Crippen LogP contribution in [0.25, 0.3) is 0 Å². The largest absolute Gasteiger partial charge is 0.481 e. The van der Waals surface area contributed by atoms with Gasteiger partial charge in [0.1, 0.15) is 0 Å². The molecule has 19 heavy (non-hydrogen) atoms. The van der Waals surface area contributed by atoms with E-state index in [4.69, 9.17) is 5.11 Å². The molecule has 1 amide bonds. The summed E-state index contributed by atoms with van der Waals surface area (Å²) in [5, 5.41) is 11.8. The predicted molar refractivity (Wildman–Crippen MR) is 72.1 cm³/mol. The molecule has 0 aliphatic heterocycles. The van der Waals surface area contributed by atoms with Crippen molar-refractivity contribution in [3.8, 4) is 0 Å². The smallest absolute Gasteiger partial charge is 0.303 e. The third-order valence-corrected chi connectivity index (χ3v) is 3.03. The van der Waals surface area contributed by atoms with Gasteiger partial charge in [-0.05, 0) is 19.9 Å². The van der Waals surface area contributed by atoms with Crippen LogP contribution in [-0.4, -0.2) is 39.2 Å². The molecule has 104 valence electrons. The fourth-order valence-electron chi connectivity index (χ4n) is 1.40. The molecule has 0 bridgehead atoms. The number of hydrogen-bond acceptors (Lipinski definition) is 5. The van der Waals surface area contributed by atoms with Gasteiger partial charge in [-0.15, -0.1) is 0 Å². The van der Waals surface area contributed by atoms with Crippen LogP contribution < -0.4 is 5.32 Å². The molecule has 0 saturated heterocycles. The molecule has 0 atom stereocenters. The Morgan fingerprint density at radius 2 is 1.89 bits per heavy atom. The topological polar surface area (TPSA) is 92.2 Å². The van der Waals surface area contributed by atoms with Gasteiger partial charge < -0.3 is 10.4 Å². The summed E-state index contributed by atoms with van der Waals surface area (Å²) in [6, 6.07) is 1.90. The molecule has 1 rings (SSSR count). The monoisotopic (exact) mass is 283 g/mol. The van der Waals surface area contributed by atoms with Crippen molar-refractivity contribution in [1.82, 2.24) is 15.3 Å². The molecule has 0 radical (unpaired) electrons. The second-order valence-electron chi connectivity index (χ2n) is 4.03. The molecule has 0 fully saturated rings. The van der Waals surface area contributed by atoms with Crippen LogP contribution in [0.2, 0.25) is 0 Å². The number of rotatable bonds is 7. The Kier molecular flexibility index (Phi) is 6.27. The summed E-state index contributed by atoms with van der Waals surface area (Å²) in [6.07, 6.45) is -0.126. The average molecular weight is 283 g/mol. The van der Waals surface area contributed by atoms with Gasteiger partial charge in [0.15, 0.2) is 5.16 Å². The number of carbonyl (C=O) groups is 2. The van der Waals surface area contributed by atoms with Crippen molar-refractivity contribution in [3.63, 3.8) is 0 Å². The molecule has 0 unspecified atom stereocenters. The van der Waals surface area contributed by atoms with Crippen LogP contribution in [0.5, 0.6) is 0 Å². The van der Waals surface area contributed by atoms with E-state index in [1.165, 1.54) is 11.8 Å². The van der Waals surface area contributed by atoms with E-state index in [0.29, 0.717) is 17.5 Å². The number of hydrogen-bond donors (Lipinski definition) is 2. The molecular weight excluding hydrogens is 266 g/mol. The Balaban J connectivity index is 2.23. The quantitative estimate of drug-likeness (QED) is 0.443. The van der Waals surface area contributed by atoms with Crippen molar-refractivity contribution in [2.24, 2.45) is 0 Å². The van der Waals surface area contributed by atoms with Crippen molar-refractivity contribution in [2.45, 2.75) is 31.8 Å². The van der Waals surface area contributed by atoms with E-state index in [-0.39, 0.29) is 18.7 Å². The maximum absolute atomic E-state index is 11.3. The molecule has 1 aromatic heterocycles. The van der Waals surface area contributed by atoms with Gasteiger partial charge in [0.05, 0.1) is 6.42 Å². The van der Waals surface area contributed by atoms with E-state index in [1.807, 2.05) is 19.9 Å². The van der Waals surface area contributed by atoms with Gasteiger partial charge in [-0.25, -0.2) is 9.97 Å². The van der Waals surface area contributed by atoms with Gasteiger partial charge in [-0.3, -0.25) is 9.59 Å². The summed E-state index contributed by atoms with van der Waals surface area (Å²) in [6.45, 7) is 4.29. The zero-order valence-electron chi connectivity index (χ0n) is 11.0. The zero-order valence-corrected chi connectivity index (χ0v) is 11.8. The predicted octanol–water partition coefficient (Wildman–Crippen LogP) is 1.17. The van der Waals surface area contributed by atoms with Crippen molar-refractivity contribution < 1.29 is 14.7 Å². The minimum atomic E-state index is -0.965. The van der Waals surface area contributed by atoms with E-state index < -0.39 is 5.97 Å². The van der Waals surface area contributed by atoms with Crippen molar-refractivity contribution in [2.75, 3.05) is 12.3 Å². The van der Waals surface area contributed by atoms with E-state index >= 15 is 0 Å². The summed E-state index contributed by atoms with van der Waals surface area (Å²) in [4.78, 5) is 30.1. The first-order chi connectivity index (χ1) is 8.97. The summed E-state index contributed by atoms with van der Waals surface area (Å²) in [7, 11) is 0. The SMILES string of the molecule is Cc1cc(C)nc(SCCNC(=O)CCC(=O)O)n1. The van der Waals surface area contributed by atoms with Gasteiger partial charge in [-0.2, -0.15) is 0 Å². The summed E-state index contributed by atoms with van der Waals surface area (Å²) in [5.74, 6) is -0.556. The second-order valence-corrected chi connectivity index (χ2v) is 5.09. The Labute approximate surface area is 116 Å². The standard InChI is InChI=1S/C12H17N3O3S/c1-8-7-9(2)15-12(14-8)19-6-5-13-10(16)3-4-11(17)18/h7H,3-6H2,1-2H3,(H,13,16)(H,17,18). The fourth-order valence-corrected chi connectivity index (χ4v) is 2.20. The number of carbonyl (C=O) groups excluding carboxylic acids is 1. The van der Waals surface area contributed by atoms with E-state index in [1.54, 1.807) is 0 Å². The maximum atomic E-state index is 11.3. The average Bonchev–Trinajstić information content (AvgIpc) is 2.31. The molecular formula is C12H17N3O3S. The molecule has 0 aromatic carbocycles. The molecule has 1 heterocycles. The van der Waals surface area contributed by atoms with Crippen LogP contribution in [0, 0.1) is 13.8 Å². The number of aliphatic carboxylic acids is 1. The first-order valence-electron chi connectivity index (χ1n) is 5.91. The second kappa shape index (κ2) is 7.73. The van der Waals surface area contributed by atoms with Crippen LogP contribution in [0.15, 0.2) is 11.2 Å². The van der Waals surface area contributed by atoms with Gasteiger partial charge in [-0.1, -0.05) is 11.8 Å². The highest BCUT2D eigenvalue weighted by Gasteiger charge is 2.05. The van der Waals surface area contributed by atoms with Crippen molar-refractivity contribution in [3.05, 3.63) is 17.5 Å². The molecule has 0 saturated carbocycles. The first kappa shape index (κ1) is 15.4. The number of nitrogens with one attached hydrogen (secondary N) is 1. The van der Waals surface area contributed by atoms with Gasteiger partial charge in [0, 0.05) is 30.1 Å². The zero-order chi connectivity index (χ0) is 14.3. The lowest BCUT2D eigenvalue weighted by Crippen LogP contribution is -2.26. The summed E-state index contributed by atoms with van der Waals surface area (Å²) in [5.41, 5.74) is 1.83. The normalized spacial score (nSPS) is 10.2. The van der Waals surface area contributed by atoms with Crippen LogP contribution >= 0.6 is 11.8 Å². The Bertz CT molecular complexity index is 445. The lowest BCUT2D eigenvalue weighted by molar-refractivity contribution is -0.138. The number of carboxylic acid groups (broad SMARTS) is 1. The van der Waals surface area contributed by atoms with Crippen LogP contribution in [-0.2, 0) is 9.59 Å². The van der Waals surface area contributed by atoms with E-state index in [2.05, 4.69) is 15.3 Å². The number of aromatic nitrogens is 2. The minimum absolute atomic E-state index is 0.0139. The maximum Gasteiger partial charge on any atom is 0.303 e. The van der Waals surface area contributed by atoms with E-state index in [9.17, 15) is 9.59 Å². The Morgan fingerprint density at radius 1 is 1.26 bits per heavy atom. The highest BCUT2D eigenvalue weighted by Crippen LogP contribution is 2.12. The molecule has 0 aliphatic rings. The van der Waals surface area contributed by atoms with Crippen LogP contribution in [0.3, 0.4) is 0 Å². The van der Waals surface area contributed by atoms with Crippen molar-refractivity contribution in [1.29, 1.82) is 0 Å². The third-order valence-electron chi connectivity index (χ3n) is 2.18. The third kappa shape index (κ3) is 6.76. The lowest BCUT2D eigenvalue weighted by Gasteiger charge is -2.04. The first-order valence-corrected chi connectivity index (χ1v) is 6.89. The highest BCUT2D eigenvalue weighted by atomic mass is 32.2. The molecule has 7 heteroatoms. The number of nitrogens with zero attached hydrogens (tertiary/aromatic N) is 2. The number of aryl methyl sites for hydroxylation is 2. The fraction of sp³-hybridized carbons (Fsp3) is 0.500. The van der Waals surface area contributed by atoms with Gasteiger partial charge in [0.2, 0.25) is 5.91 Å². The van der Waals surface area contributed by atoms with Gasteiger partial charge in [0.25, 0.3) is 0 Å². The molecule has 1 aromatic rings. The summed E-state index contributed by atoms with van der Waals surface area (Å²) < 4.78 is 0. The number of thioether (sulfide) groups is 1. The van der Waals surface area contributed by atoms with E-state index in [0.717, 1.165) is 11.4 Å². The van der Waals surface area contributed by atoms with Crippen LogP contribution in [0.1, 0.15) is 24.2 Å².